The lowest BCUT2D eigenvalue weighted by Gasteiger charge is -2.19. The van der Waals surface area contributed by atoms with Gasteiger partial charge in [0.25, 0.3) is 5.91 Å². The monoisotopic (exact) mass is 330 g/mol. The molecule has 0 aliphatic heterocycles. The van der Waals surface area contributed by atoms with Crippen molar-refractivity contribution in [1.82, 2.24) is 5.32 Å². The van der Waals surface area contributed by atoms with Gasteiger partial charge < -0.3 is 14.8 Å². The van der Waals surface area contributed by atoms with Gasteiger partial charge in [-0.25, -0.2) is 8.42 Å². The summed E-state index contributed by atoms with van der Waals surface area (Å²) >= 11 is 0. The van der Waals surface area contributed by atoms with Gasteiger partial charge in [-0.3, -0.25) is 9.10 Å². The lowest BCUT2D eigenvalue weighted by atomic mass is 10.1. The Morgan fingerprint density at radius 1 is 1.36 bits per heavy atom. The molecule has 0 spiro atoms. The van der Waals surface area contributed by atoms with E-state index >= 15 is 0 Å². The standard InChI is InChI=1S/C14H22N2O5S/c1-10(9-20-3)15-14(17)12-8-11(6-7-13(12)21-4)16(2)22(5,18)19/h6-8,10H,9H2,1-5H3,(H,15,17). The Morgan fingerprint density at radius 2 is 2.00 bits per heavy atom. The van der Waals surface area contributed by atoms with Crippen molar-refractivity contribution in [3.8, 4) is 5.75 Å². The Bertz CT molecular complexity index is 630. The summed E-state index contributed by atoms with van der Waals surface area (Å²) < 4.78 is 34.5. The first-order valence-corrected chi connectivity index (χ1v) is 8.47. The van der Waals surface area contributed by atoms with Crippen molar-refractivity contribution < 1.29 is 22.7 Å². The lowest BCUT2D eigenvalue weighted by molar-refractivity contribution is 0.0902. The Morgan fingerprint density at radius 3 is 2.50 bits per heavy atom. The van der Waals surface area contributed by atoms with Gasteiger partial charge in [-0.15, -0.1) is 0 Å². The molecule has 1 N–H and O–H groups in total. The average Bonchev–Trinajstić information content (AvgIpc) is 2.44. The van der Waals surface area contributed by atoms with Crippen LogP contribution in [-0.2, 0) is 14.8 Å². The van der Waals surface area contributed by atoms with Crippen LogP contribution in [-0.4, -0.2) is 54.5 Å². The minimum Gasteiger partial charge on any atom is -0.496 e. The summed E-state index contributed by atoms with van der Waals surface area (Å²) in [6.45, 7) is 2.18. The molecule has 1 atom stereocenters. The third-order valence-corrected chi connectivity index (χ3v) is 4.29. The molecule has 7 nitrogen and oxygen atoms in total. The van der Waals surface area contributed by atoms with Gasteiger partial charge in [-0.05, 0) is 25.1 Å². The highest BCUT2D eigenvalue weighted by Gasteiger charge is 2.19. The highest BCUT2D eigenvalue weighted by atomic mass is 32.2. The third kappa shape index (κ3) is 4.60. The number of amides is 1. The number of methoxy groups -OCH3 is 2. The number of sulfonamides is 1. The van der Waals surface area contributed by atoms with Crippen molar-refractivity contribution in [2.75, 3.05) is 38.4 Å². The summed E-state index contributed by atoms with van der Waals surface area (Å²) in [5.41, 5.74) is 0.645. The summed E-state index contributed by atoms with van der Waals surface area (Å²) in [6.07, 6.45) is 1.09. The zero-order valence-corrected chi connectivity index (χ0v) is 14.2. The van der Waals surface area contributed by atoms with Gasteiger partial charge in [0, 0.05) is 20.2 Å². The summed E-state index contributed by atoms with van der Waals surface area (Å²) in [7, 11) is 1.01. The van der Waals surface area contributed by atoms with E-state index in [0.717, 1.165) is 10.6 Å². The fourth-order valence-electron chi connectivity index (χ4n) is 1.85. The lowest BCUT2D eigenvalue weighted by Crippen LogP contribution is -2.36. The predicted octanol–water partition coefficient (Wildman–Crippen LogP) is 0.856. The number of carbonyl (C=O) groups is 1. The number of nitrogens with zero attached hydrogens (tertiary/aromatic N) is 1. The number of hydrogen-bond acceptors (Lipinski definition) is 5. The highest BCUT2D eigenvalue weighted by molar-refractivity contribution is 7.92. The summed E-state index contributed by atoms with van der Waals surface area (Å²) in [5.74, 6) is 0.0120. The molecule has 0 radical (unpaired) electrons. The second-order valence-electron chi connectivity index (χ2n) is 4.94. The molecule has 0 heterocycles. The Kier molecular flexibility index (Phi) is 6.19. The van der Waals surface area contributed by atoms with E-state index in [2.05, 4.69) is 5.32 Å². The first-order chi connectivity index (χ1) is 10.2. The minimum absolute atomic E-state index is 0.182. The second-order valence-corrected chi connectivity index (χ2v) is 6.96. The van der Waals surface area contributed by atoms with Crippen LogP contribution < -0.4 is 14.4 Å². The maximum atomic E-state index is 12.3. The highest BCUT2D eigenvalue weighted by Crippen LogP contribution is 2.25. The van der Waals surface area contributed by atoms with Crippen LogP contribution >= 0.6 is 0 Å². The number of hydrogen-bond donors (Lipinski definition) is 1. The van der Waals surface area contributed by atoms with Gasteiger partial charge in [-0.2, -0.15) is 0 Å². The molecule has 0 saturated heterocycles. The van der Waals surface area contributed by atoms with E-state index < -0.39 is 10.0 Å². The molecule has 1 unspecified atom stereocenters. The average molecular weight is 330 g/mol. The molecular weight excluding hydrogens is 308 g/mol. The molecular formula is C14H22N2O5S. The van der Waals surface area contributed by atoms with E-state index in [1.807, 2.05) is 0 Å². The first kappa shape index (κ1) is 18.2. The van der Waals surface area contributed by atoms with Crippen LogP contribution in [0, 0.1) is 0 Å². The molecule has 0 aliphatic rings. The van der Waals surface area contributed by atoms with Gasteiger partial charge in [0.1, 0.15) is 5.75 Å². The summed E-state index contributed by atoms with van der Waals surface area (Å²) in [6, 6.07) is 4.44. The van der Waals surface area contributed by atoms with E-state index in [1.54, 1.807) is 26.2 Å². The van der Waals surface area contributed by atoms with Crippen molar-refractivity contribution >= 4 is 21.6 Å². The Hall–Kier alpha value is -1.80. The summed E-state index contributed by atoms with van der Waals surface area (Å²) in [4.78, 5) is 12.3. The molecule has 0 aliphatic carbocycles. The Labute approximate surface area is 131 Å². The smallest absolute Gasteiger partial charge is 0.255 e. The second kappa shape index (κ2) is 7.46. The molecule has 1 aromatic rings. The van der Waals surface area contributed by atoms with Crippen LogP contribution in [0.5, 0.6) is 5.75 Å². The van der Waals surface area contributed by atoms with E-state index in [0.29, 0.717) is 18.0 Å². The van der Waals surface area contributed by atoms with Crippen LogP contribution in [0.1, 0.15) is 17.3 Å². The molecule has 1 amide bonds. The normalized spacial score (nSPS) is 12.6. The summed E-state index contributed by atoms with van der Waals surface area (Å²) in [5, 5.41) is 2.76. The maximum absolute atomic E-state index is 12.3. The molecule has 0 aromatic heterocycles. The van der Waals surface area contributed by atoms with Crippen LogP contribution in [0.25, 0.3) is 0 Å². The molecule has 1 rings (SSSR count). The first-order valence-electron chi connectivity index (χ1n) is 6.62. The third-order valence-electron chi connectivity index (χ3n) is 3.08. The van der Waals surface area contributed by atoms with Gasteiger partial charge >= 0.3 is 0 Å². The van der Waals surface area contributed by atoms with Gasteiger partial charge in [-0.1, -0.05) is 0 Å². The molecule has 124 valence electrons. The van der Waals surface area contributed by atoms with Crippen LogP contribution in [0.2, 0.25) is 0 Å². The van der Waals surface area contributed by atoms with E-state index in [9.17, 15) is 13.2 Å². The van der Waals surface area contributed by atoms with Crippen molar-refractivity contribution in [3.63, 3.8) is 0 Å². The van der Waals surface area contributed by atoms with Gasteiger partial charge in [0.2, 0.25) is 10.0 Å². The fourth-order valence-corrected chi connectivity index (χ4v) is 2.35. The minimum atomic E-state index is -3.41. The largest absolute Gasteiger partial charge is 0.496 e. The molecule has 1 aromatic carbocycles. The van der Waals surface area contributed by atoms with E-state index in [4.69, 9.17) is 9.47 Å². The van der Waals surface area contributed by atoms with Crippen LogP contribution in [0.4, 0.5) is 5.69 Å². The SMILES string of the molecule is COCC(C)NC(=O)c1cc(N(C)S(C)(=O)=O)ccc1OC. The number of anilines is 1. The van der Waals surface area contributed by atoms with Crippen molar-refractivity contribution in [1.29, 1.82) is 0 Å². The fraction of sp³-hybridized carbons (Fsp3) is 0.500. The molecule has 22 heavy (non-hydrogen) atoms. The zero-order chi connectivity index (χ0) is 16.9. The van der Waals surface area contributed by atoms with Crippen molar-refractivity contribution in [2.24, 2.45) is 0 Å². The zero-order valence-electron chi connectivity index (χ0n) is 13.4. The van der Waals surface area contributed by atoms with Crippen molar-refractivity contribution in [3.05, 3.63) is 23.8 Å². The predicted molar refractivity (Wildman–Crippen MR) is 85.0 cm³/mol. The maximum Gasteiger partial charge on any atom is 0.255 e. The quantitative estimate of drug-likeness (QED) is 0.801. The van der Waals surface area contributed by atoms with Crippen molar-refractivity contribution in [2.45, 2.75) is 13.0 Å². The molecule has 0 fully saturated rings. The number of benzene rings is 1. The van der Waals surface area contributed by atoms with E-state index in [1.165, 1.54) is 20.2 Å². The molecule has 0 saturated carbocycles. The Balaban J connectivity index is 3.14. The number of rotatable bonds is 7. The molecule has 0 bridgehead atoms. The van der Waals surface area contributed by atoms with Crippen LogP contribution in [0.15, 0.2) is 18.2 Å². The van der Waals surface area contributed by atoms with Gasteiger partial charge in [0.15, 0.2) is 0 Å². The topological polar surface area (TPSA) is 84.9 Å². The van der Waals surface area contributed by atoms with E-state index in [-0.39, 0.29) is 17.5 Å². The number of nitrogens with one attached hydrogen (secondary N) is 1. The van der Waals surface area contributed by atoms with Gasteiger partial charge in [0.05, 0.1) is 31.2 Å². The van der Waals surface area contributed by atoms with Crippen LogP contribution in [0.3, 0.4) is 0 Å². The number of ether oxygens (including phenoxy) is 2. The number of carbonyl (C=O) groups excluding carboxylic acids is 1. The molecule has 8 heteroatoms.